The molecule has 2 N–H and O–H groups in total. The van der Waals surface area contributed by atoms with E-state index < -0.39 is 16.2 Å². The third-order valence-electron chi connectivity index (χ3n) is 3.48. The number of thiazole rings is 1. The van der Waals surface area contributed by atoms with Gasteiger partial charge in [-0.25, -0.2) is 14.5 Å². The lowest BCUT2D eigenvalue weighted by molar-refractivity contribution is 0.0629. The van der Waals surface area contributed by atoms with Gasteiger partial charge in [-0.05, 0) is 12.8 Å². The first-order valence-electron chi connectivity index (χ1n) is 6.88. The number of carboxylic acids is 1. The van der Waals surface area contributed by atoms with Gasteiger partial charge in [0.1, 0.15) is 0 Å². The van der Waals surface area contributed by atoms with Gasteiger partial charge in [0.15, 0.2) is 5.69 Å². The minimum Gasteiger partial charge on any atom is -0.476 e. The maximum absolute atomic E-state index is 12.2. The van der Waals surface area contributed by atoms with Gasteiger partial charge in [0, 0.05) is 44.6 Å². The zero-order valence-corrected chi connectivity index (χ0v) is 13.8. The van der Waals surface area contributed by atoms with Crippen LogP contribution < -0.4 is 4.72 Å². The second kappa shape index (κ2) is 7.47. The van der Waals surface area contributed by atoms with Crippen molar-refractivity contribution in [3.8, 4) is 0 Å². The topological polar surface area (TPSA) is 109 Å². The third kappa shape index (κ3) is 4.46. The molecule has 0 radical (unpaired) electrons. The molecule has 1 aliphatic rings. The van der Waals surface area contributed by atoms with Crippen molar-refractivity contribution in [2.75, 3.05) is 26.8 Å². The lowest BCUT2D eigenvalue weighted by atomic mass is 10.1. The summed E-state index contributed by atoms with van der Waals surface area (Å²) < 4.78 is 33.5. The van der Waals surface area contributed by atoms with E-state index >= 15 is 0 Å². The number of ether oxygens (including phenoxy) is 1. The molecule has 1 saturated heterocycles. The summed E-state index contributed by atoms with van der Waals surface area (Å²) in [6.07, 6.45) is 1.73. The van der Waals surface area contributed by atoms with E-state index in [2.05, 4.69) is 9.71 Å². The molecule has 0 atom stereocenters. The monoisotopic (exact) mass is 349 g/mol. The molecule has 0 unspecified atom stereocenters. The normalized spacial score (nSPS) is 17.0. The van der Waals surface area contributed by atoms with E-state index in [-0.39, 0.29) is 18.3 Å². The van der Waals surface area contributed by atoms with E-state index in [1.165, 1.54) is 21.0 Å². The summed E-state index contributed by atoms with van der Waals surface area (Å²) in [5.41, 5.74) is -0.0119. The number of aromatic carboxylic acids is 1. The molecule has 1 aromatic rings. The summed E-state index contributed by atoms with van der Waals surface area (Å²) in [4.78, 5) is 14.6. The van der Waals surface area contributed by atoms with Gasteiger partial charge in [-0.2, -0.15) is 12.7 Å². The van der Waals surface area contributed by atoms with Crippen LogP contribution in [0.2, 0.25) is 0 Å². The molecule has 2 rings (SSSR count). The standard InChI is InChI=1S/C12H19N3O5S2/c1-15(9-3-6-20-7-4-9)22(18,19)13-5-2-11-14-10(8-21-11)12(16)17/h8-9,13H,2-7H2,1H3,(H,16,17). The first kappa shape index (κ1) is 17.3. The van der Waals surface area contributed by atoms with Crippen LogP contribution in [-0.2, 0) is 21.4 Å². The predicted molar refractivity (Wildman–Crippen MR) is 81.3 cm³/mol. The van der Waals surface area contributed by atoms with E-state index in [0.29, 0.717) is 37.5 Å². The van der Waals surface area contributed by atoms with Crippen LogP contribution in [0.5, 0.6) is 0 Å². The number of hydrogen-bond donors (Lipinski definition) is 2. The largest absolute Gasteiger partial charge is 0.476 e. The number of hydrogen-bond acceptors (Lipinski definition) is 6. The molecule has 0 amide bonds. The van der Waals surface area contributed by atoms with Gasteiger partial charge in [-0.15, -0.1) is 11.3 Å². The van der Waals surface area contributed by atoms with Crippen molar-refractivity contribution >= 4 is 27.5 Å². The number of rotatable bonds is 7. The fraction of sp³-hybridized carbons (Fsp3) is 0.667. The Morgan fingerprint density at radius 1 is 1.55 bits per heavy atom. The molecule has 10 heteroatoms. The van der Waals surface area contributed by atoms with Crippen LogP contribution in [0.4, 0.5) is 0 Å². The Morgan fingerprint density at radius 2 is 2.23 bits per heavy atom. The Labute approximate surface area is 133 Å². The Morgan fingerprint density at radius 3 is 2.82 bits per heavy atom. The summed E-state index contributed by atoms with van der Waals surface area (Å²) in [6, 6.07) is -0.0512. The van der Waals surface area contributed by atoms with Crippen molar-refractivity contribution in [1.29, 1.82) is 0 Å². The molecule has 0 aliphatic carbocycles. The molecule has 1 aliphatic heterocycles. The zero-order chi connectivity index (χ0) is 16.2. The molecule has 0 saturated carbocycles. The Bertz CT molecular complexity index is 610. The fourth-order valence-corrected chi connectivity index (χ4v) is 4.10. The first-order chi connectivity index (χ1) is 10.4. The molecule has 1 fully saturated rings. The van der Waals surface area contributed by atoms with Crippen LogP contribution in [0.15, 0.2) is 5.38 Å². The van der Waals surface area contributed by atoms with Gasteiger partial charge < -0.3 is 9.84 Å². The number of nitrogens with zero attached hydrogens (tertiary/aromatic N) is 2. The molecular formula is C12H19N3O5S2. The molecule has 1 aromatic heterocycles. The number of nitrogens with one attached hydrogen (secondary N) is 1. The molecule has 2 heterocycles. The average Bonchev–Trinajstić information content (AvgIpc) is 2.96. The highest BCUT2D eigenvalue weighted by Crippen LogP contribution is 2.15. The highest BCUT2D eigenvalue weighted by atomic mass is 32.2. The minimum atomic E-state index is -3.55. The van der Waals surface area contributed by atoms with Gasteiger partial charge in [0.05, 0.1) is 5.01 Å². The van der Waals surface area contributed by atoms with Gasteiger partial charge in [-0.1, -0.05) is 0 Å². The molecule has 124 valence electrons. The highest BCUT2D eigenvalue weighted by Gasteiger charge is 2.27. The first-order valence-corrected chi connectivity index (χ1v) is 9.20. The number of aromatic nitrogens is 1. The SMILES string of the molecule is CN(C1CCOCC1)S(=O)(=O)NCCc1nc(C(=O)O)cs1. The van der Waals surface area contributed by atoms with E-state index in [9.17, 15) is 13.2 Å². The van der Waals surface area contributed by atoms with Crippen molar-refractivity contribution in [2.45, 2.75) is 25.3 Å². The molecule has 0 bridgehead atoms. The fourth-order valence-electron chi connectivity index (χ4n) is 2.16. The van der Waals surface area contributed by atoms with Crippen molar-refractivity contribution in [1.82, 2.24) is 14.0 Å². The summed E-state index contributed by atoms with van der Waals surface area (Å²) in [7, 11) is -1.99. The maximum Gasteiger partial charge on any atom is 0.355 e. The van der Waals surface area contributed by atoms with Crippen LogP contribution in [-0.4, -0.2) is 61.6 Å². The Kier molecular flexibility index (Phi) is 5.87. The van der Waals surface area contributed by atoms with Crippen molar-refractivity contribution in [3.63, 3.8) is 0 Å². The molecule has 22 heavy (non-hydrogen) atoms. The lowest BCUT2D eigenvalue weighted by Gasteiger charge is -2.30. The van der Waals surface area contributed by atoms with E-state index in [4.69, 9.17) is 9.84 Å². The Balaban J connectivity index is 1.84. The summed E-state index contributed by atoms with van der Waals surface area (Å²) >= 11 is 1.21. The molecule has 8 nitrogen and oxygen atoms in total. The van der Waals surface area contributed by atoms with Gasteiger partial charge in [-0.3, -0.25) is 0 Å². The number of carbonyl (C=O) groups is 1. The Hall–Kier alpha value is -1.07. The minimum absolute atomic E-state index is 0.0119. The summed E-state index contributed by atoms with van der Waals surface area (Å²) in [5.74, 6) is -1.08. The summed E-state index contributed by atoms with van der Waals surface area (Å²) in [5, 5.41) is 10.8. The second-order valence-corrected chi connectivity index (χ2v) is 7.70. The van der Waals surface area contributed by atoms with E-state index in [1.54, 1.807) is 7.05 Å². The smallest absolute Gasteiger partial charge is 0.355 e. The lowest BCUT2D eigenvalue weighted by Crippen LogP contribution is -2.46. The quantitative estimate of drug-likeness (QED) is 0.734. The maximum atomic E-state index is 12.2. The van der Waals surface area contributed by atoms with E-state index in [0.717, 1.165) is 0 Å². The van der Waals surface area contributed by atoms with Crippen molar-refractivity contribution < 1.29 is 23.1 Å². The van der Waals surface area contributed by atoms with Crippen LogP contribution in [0.3, 0.4) is 0 Å². The third-order valence-corrected chi connectivity index (χ3v) is 6.01. The van der Waals surface area contributed by atoms with Crippen molar-refractivity contribution in [2.24, 2.45) is 0 Å². The van der Waals surface area contributed by atoms with Crippen molar-refractivity contribution in [3.05, 3.63) is 16.1 Å². The van der Waals surface area contributed by atoms with Crippen LogP contribution in [0, 0.1) is 0 Å². The summed E-state index contributed by atoms with van der Waals surface area (Å²) in [6.45, 7) is 1.33. The molecule has 0 aromatic carbocycles. The predicted octanol–water partition coefficient (Wildman–Crippen LogP) is 0.329. The van der Waals surface area contributed by atoms with Gasteiger partial charge in [0.2, 0.25) is 0 Å². The van der Waals surface area contributed by atoms with Gasteiger partial charge in [0.25, 0.3) is 10.2 Å². The van der Waals surface area contributed by atoms with Crippen LogP contribution in [0.1, 0.15) is 28.3 Å². The van der Waals surface area contributed by atoms with E-state index in [1.807, 2.05) is 0 Å². The molecular weight excluding hydrogens is 330 g/mol. The number of carboxylic acid groups (broad SMARTS) is 1. The van der Waals surface area contributed by atoms with Gasteiger partial charge >= 0.3 is 5.97 Å². The van der Waals surface area contributed by atoms with Crippen LogP contribution in [0.25, 0.3) is 0 Å². The zero-order valence-electron chi connectivity index (χ0n) is 12.2. The average molecular weight is 349 g/mol. The molecule has 0 spiro atoms. The second-order valence-electron chi connectivity index (χ2n) is 4.94. The van der Waals surface area contributed by atoms with Crippen LogP contribution >= 0.6 is 11.3 Å². The highest BCUT2D eigenvalue weighted by molar-refractivity contribution is 7.87.